The number of aliphatic hydroxyl groups excluding tert-OH is 1. The quantitative estimate of drug-likeness (QED) is 0.829. The van der Waals surface area contributed by atoms with E-state index >= 15 is 0 Å². The number of aliphatic hydroxyl groups is 1. The molecular formula is C19H29NO4. The monoisotopic (exact) mass is 335 g/mol. The third-order valence-corrected chi connectivity index (χ3v) is 3.90. The molecule has 1 aromatic rings. The third kappa shape index (κ3) is 5.06. The zero-order valence-corrected chi connectivity index (χ0v) is 15.7. The molecule has 0 aromatic heterocycles. The van der Waals surface area contributed by atoms with Crippen molar-refractivity contribution in [2.24, 2.45) is 0 Å². The molecule has 24 heavy (non-hydrogen) atoms. The van der Waals surface area contributed by atoms with Gasteiger partial charge in [0.2, 0.25) is 0 Å². The molecule has 0 aliphatic heterocycles. The van der Waals surface area contributed by atoms with Crippen LogP contribution in [0.3, 0.4) is 0 Å². The lowest BCUT2D eigenvalue weighted by Gasteiger charge is -2.26. The van der Waals surface area contributed by atoms with Gasteiger partial charge in [0.15, 0.2) is 6.04 Å². The van der Waals surface area contributed by atoms with Crippen LogP contribution in [0.1, 0.15) is 63.0 Å². The Morgan fingerprint density at radius 1 is 1.04 bits per heavy atom. The van der Waals surface area contributed by atoms with E-state index < -0.39 is 24.5 Å². The van der Waals surface area contributed by atoms with Crippen molar-refractivity contribution in [2.75, 3.05) is 13.7 Å². The molecule has 0 fully saturated rings. The van der Waals surface area contributed by atoms with Gasteiger partial charge in [0.1, 0.15) is 0 Å². The SMILES string of the molecule is COC(=O)[C@@H](CO)NC(=O)c1cc(C(C)(C)C)cc(C(C)(C)C)c1. The van der Waals surface area contributed by atoms with Gasteiger partial charge in [-0.1, -0.05) is 47.6 Å². The Morgan fingerprint density at radius 2 is 1.50 bits per heavy atom. The first-order valence-electron chi connectivity index (χ1n) is 8.05. The lowest BCUT2D eigenvalue weighted by atomic mass is 9.79. The number of nitrogens with one attached hydrogen (secondary N) is 1. The van der Waals surface area contributed by atoms with E-state index in [0.29, 0.717) is 5.56 Å². The second kappa shape index (κ2) is 7.34. The highest BCUT2D eigenvalue weighted by molar-refractivity contribution is 5.97. The molecule has 0 radical (unpaired) electrons. The van der Waals surface area contributed by atoms with E-state index in [1.54, 1.807) is 0 Å². The van der Waals surface area contributed by atoms with Crippen molar-refractivity contribution in [3.05, 3.63) is 34.9 Å². The van der Waals surface area contributed by atoms with Crippen molar-refractivity contribution in [3.8, 4) is 0 Å². The number of amides is 1. The lowest BCUT2D eigenvalue weighted by molar-refractivity contribution is -0.143. The predicted octanol–water partition coefficient (Wildman–Crippen LogP) is 2.55. The van der Waals surface area contributed by atoms with E-state index in [2.05, 4.69) is 57.7 Å². The van der Waals surface area contributed by atoms with Gasteiger partial charge in [-0.05, 0) is 34.1 Å². The number of carbonyl (C=O) groups is 2. The minimum absolute atomic E-state index is 0.116. The second-order valence-corrected chi connectivity index (χ2v) is 8.03. The standard InChI is InChI=1S/C19H29NO4/c1-18(2,3)13-8-12(9-14(10-13)19(4,5)6)16(22)20-15(11-21)17(23)24-7/h8-10,15,21H,11H2,1-7H3,(H,20,22)/t15-/m1/s1. The number of benzene rings is 1. The Balaban J connectivity index is 3.27. The van der Waals surface area contributed by atoms with Crippen molar-refractivity contribution in [2.45, 2.75) is 58.4 Å². The Hall–Kier alpha value is -1.88. The smallest absolute Gasteiger partial charge is 0.330 e. The van der Waals surface area contributed by atoms with Gasteiger partial charge in [-0.3, -0.25) is 4.79 Å². The normalized spacial score (nSPS) is 13.3. The summed E-state index contributed by atoms with van der Waals surface area (Å²) < 4.78 is 4.58. The number of rotatable bonds is 4. The molecule has 0 spiro atoms. The van der Waals surface area contributed by atoms with Gasteiger partial charge in [0.05, 0.1) is 13.7 Å². The molecular weight excluding hydrogens is 306 g/mol. The van der Waals surface area contributed by atoms with Crippen LogP contribution in [0.5, 0.6) is 0 Å². The summed E-state index contributed by atoms with van der Waals surface area (Å²) in [6.07, 6.45) is 0. The Labute approximate surface area is 144 Å². The molecule has 0 aliphatic rings. The summed E-state index contributed by atoms with van der Waals surface area (Å²) in [6, 6.07) is 4.70. The van der Waals surface area contributed by atoms with Crippen molar-refractivity contribution < 1.29 is 19.4 Å². The van der Waals surface area contributed by atoms with Crippen molar-refractivity contribution in [1.29, 1.82) is 0 Å². The van der Waals surface area contributed by atoms with E-state index in [1.807, 2.05) is 12.1 Å². The van der Waals surface area contributed by atoms with Gasteiger partial charge in [-0.2, -0.15) is 0 Å². The number of esters is 1. The number of ether oxygens (including phenoxy) is 1. The summed E-state index contributed by atoms with van der Waals surface area (Å²) in [5, 5.41) is 11.8. The molecule has 0 bridgehead atoms. The zero-order valence-electron chi connectivity index (χ0n) is 15.7. The van der Waals surface area contributed by atoms with Crippen LogP contribution in [0.15, 0.2) is 18.2 Å². The molecule has 1 aromatic carbocycles. The molecule has 5 heteroatoms. The molecule has 0 aliphatic carbocycles. The van der Waals surface area contributed by atoms with Gasteiger partial charge in [0, 0.05) is 5.56 Å². The van der Waals surface area contributed by atoms with Crippen LogP contribution >= 0.6 is 0 Å². The average molecular weight is 335 g/mol. The van der Waals surface area contributed by atoms with Gasteiger partial charge in [-0.25, -0.2) is 4.79 Å². The van der Waals surface area contributed by atoms with E-state index in [-0.39, 0.29) is 10.8 Å². The molecule has 1 rings (SSSR count). The number of carbonyl (C=O) groups excluding carboxylic acids is 2. The molecule has 1 atom stereocenters. The first-order chi connectivity index (χ1) is 10.9. The molecule has 5 nitrogen and oxygen atoms in total. The van der Waals surface area contributed by atoms with Crippen LogP contribution in [0, 0.1) is 0 Å². The highest BCUT2D eigenvalue weighted by Crippen LogP contribution is 2.30. The van der Waals surface area contributed by atoms with Gasteiger partial charge < -0.3 is 15.2 Å². The van der Waals surface area contributed by atoms with Crippen molar-refractivity contribution >= 4 is 11.9 Å². The Morgan fingerprint density at radius 3 is 1.83 bits per heavy atom. The number of methoxy groups -OCH3 is 1. The maximum atomic E-state index is 12.6. The topological polar surface area (TPSA) is 75.6 Å². The van der Waals surface area contributed by atoms with E-state index in [0.717, 1.165) is 11.1 Å². The summed E-state index contributed by atoms with van der Waals surface area (Å²) in [6.45, 7) is 12.0. The van der Waals surface area contributed by atoms with Gasteiger partial charge >= 0.3 is 5.97 Å². The molecule has 0 saturated heterocycles. The van der Waals surface area contributed by atoms with Crippen LogP contribution in [0.2, 0.25) is 0 Å². The Bertz CT molecular complexity index is 577. The summed E-state index contributed by atoms with van der Waals surface area (Å²) in [5.74, 6) is -1.08. The van der Waals surface area contributed by atoms with Crippen molar-refractivity contribution in [1.82, 2.24) is 5.32 Å². The number of hydrogen-bond acceptors (Lipinski definition) is 4. The zero-order chi connectivity index (χ0) is 18.7. The van der Waals surface area contributed by atoms with Crippen molar-refractivity contribution in [3.63, 3.8) is 0 Å². The fraction of sp³-hybridized carbons (Fsp3) is 0.579. The van der Waals surface area contributed by atoms with Crippen LogP contribution in [0.25, 0.3) is 0 Å². The van der Waals surface area contributed by atoms with Gasteiger partial charge in [0.25, 0.3) is 5.91 Å². The highest BCUT2D eigenvalue weighted by Gasteiger charge is 2.25. The average Bonchev–Trinajstić information content (AvgIpc) is 2.49. The fourth-order valence-electron chi connectivity index (χ4n) is 2.19. The predicted molar refractivity (Wildman–Crippen MR) is 94.2 cm³/mol. The highest BCUT2D eigenvalue weighted by atomic mass is 16.5. The lowest BCUT2D eigenvalue weighted by Crippen LogP contribution is -2.44. The van der Waals surface area contributed by atoms with Crippen LogP contribution in [-0.2, 0) is 20.4 Å². The van der Waals surface area contributed by atoms with Gasteiger partial charge in [-0.15, -0.1) is 0 Å². The van der Waals surface area contributed by atoms with Crippen LogP contribution in [0.4, 0.5) is 0 Å². The molecule has 0 unspecified atom stereocenters. The largest absolute Gasteiger partial charge is 0.467 e. The second-order valence-electron chi connectivity index (χ2n) is 8.03. The summed E-state index contributed by atoms with van der Waals surface area (Å²) >= 11 is 0. The Kier molecular flexibility index (Phi) is 6.17. The molecule has 0 saturated carbocycles. The van der Waals surface area contributed by atoms with E-state index in [9.17, 15) is 14.7 Å². The summed E-state index contributed by atoms with van der Waals surface area (Å²) in [4.78, 5) is 24.1. The maximum Gasteiger partial charge on any atom is 0.330 e. The minimum Gasteiger partial charge on any atom is -0.467 e. The first kappa shape index (κ1) is 20.2. The summed E-state index contributed by atoms with van der Waals surface area (Å²) in [5.41, 5.74) is 2.32. The van der Waals surface area contributed by atoms with E-state index in [4.69, 9.17) is 0 Å². The molecule has 2 N–H and O–H groups in total. The molecule has 0 heterocycles. The molecule has 1 amide bonds. The number of hydrogen-bond donors (Lipinski definition) is 2. The fourth-order valence-corrected chi connectivity index (χ4v) is 2.19. The maximum absolute atomic E-state index is 12.6. The van der Waals surface area contributed by atoms with Crippen LogP contribution in [-0.4, -0.2) is 36.7 Å². The minimum atomic E-state index is -1.07. The summed E-state index contributed by atoms with van der Waals surface area (Å²) in [7, 11) is 1.22. The van der Waals surface area contributed by atoms with E-state index in [1.165, 1.54) is 7.11 Å². The van der Waals surface area contributed by atoms with Crippen LogP contribution < -0.4 is 5.32 Å². The molecule has 134 valence electrons. The third-order valence-electron chi connectivity index (χ3n) is 3.90. The first-order valence-corrected chi connectivity index (χ1v) is 8.05.